The predicted octanol–water partition coefficient (Wildman–Crippen LogP) is 1.10. The van der Waals surface area contributed by atoms with Crippen LogP contribution in [0.4, 0.5) is 5.82 Å². The summed E-state index contributed by atoms with van der Waals surface area (Å²) in [6, 6.07) is 1.45. The maximum Gasteiger partial charge on any atom is 0.252 e. The van der Waals surface area contributed by atoms with E-state index in [2.05, 4.69) is 10.3 Å². The third-order valence-corrected chi connectivity index (χ3v) is 2.61. The number of nitrogens with zero attached hydrogens (tertiary/aromatic N) is 1. The molecule has 0 bridgehead atoms. The minimum absolute atomic E-state index is 0.262. The summed E-state index contributed by atoms with van der Waals surface area (Å²) in [6.07, 6.45) is 2.08. The number of methoxy groups -OCH3 is 1. The molecule has 0 aliphatic rings. The number of hydrogen-bond acceptors (Lipinski definition) is 5. The summed E-state index contributed by atoms with van der Waals surface area (Å²) >= 11 is 5.87. The summed E-state index contributed by atoms with van der Waals surface area (Å²) in [4.78, 5) is 15.6. The Hall–Kier alpha value is -1.37. The van der Waals surface area contributed by atoms with Gasteiger partial charge in [-0.2, -0.15) is 0 Å². The summed E-state index contributed by atoms with van der Waals surface area (Å²) in [5.74, 6) is -0.00607. The van der Waals surface area contributed by atoms with E-state index in [9.17, 15) is 4.79 Å². The largest absolute Gasteiger partial charge is 0.384 e. The SMILES string of the molecule is COCCOCCCNC(=O)c1cc(N)ncc1Cl. The number of halogens is 1. The van der Waals surface area contributed by atoms with Gasteiger partial charge >= 0.3 is 0 Å². The van der Waals surface area contributed by atoms with Gasteiger partial charge in [0.15, 0.2) is 0 Å². The zero-order valence-electron chi connectivity index (χ0n) is 10.8. The van der Waals surface area contributed by atoms with E-state index >= 15 is 0 Å². The van der Waals surface area contributed by atoms with Crippen molar-refractivity contribution in [1.29, 1.82) is 0 Å². The normalized spacial score (nSPS) is 10.4. The average molecular weight is 288 g/mol. The number of ether oxygens (including phenoxy) is 2. The Morgan fingerprint density at radius 2 is 2.26 bits per heavy atom. The lowest BCUT2D eigenvalue weighted by molar-refractivity contribution is 0.0688. The fraction of sp³-hybridized carbons (Fsp3) is 0.500. The smallest absolute Gasteiger partial charge is 0.252 e. The maximum atomic E-state index is 11.8. The lowest BCUT2D eigenvalue weighted by atomic mass is 10.2. The molecule has 0 unspecified atom stereocenters. The minimum atomic E-state index is -0.268. The van der Waals surface area contributed by atoms with Crippen LogP contribution in [0.25, 0.3) is 0 Å². The van der Waals surface area contributed by atoms with Gasteiger partial charge < -0.3 is 20.5 Å². The van der Waals surface area contributed by atoms with Gasteiger partial charge in [-0.3, -0.25) is 4.79 Å². The Labute approximate surface area is 117 Å². The Kier molecular flexibility index (Phi) is 7.17. The molecule has 0 aliphatic carbocycles. The second-order valence-electron chi connectivity index (χ2n) is 3.80. The molecule has 3 N–H and O–H groups in total. The van der Waals surface area contributed by atoms with Gasteiger partial charge in [0.25, 0.3) is 5.91 Å². The molecule has 0 atom stereocenters. The topological polar surface area (TPSA) is 86.5 Å². The number of pyridine rings is 1. The number of carbonyl (C=O) groups excluding carboxylic acids is 1. The van der Waals surface area contributed by atoms with Gasteiger partial charge in [0.1, 0.15) is 5.82 Å². The third-order valence-electron chi connectivity index (χ3n) is 2.30. The number of amides is 1. The lowest BCUT2D eigenvalue weighted by Crippen LogP contribution is -2.26. The molecule has 0 spiro atoms. The van der Waals surface area contributed by atoms with Crippen LogP contribution in [0.3, 0.4) is 0 Å². The molecule has 0 fully saturated rings. The minimum Gasteiger partial charge on any atom is -0.384 e. The van der Waals surface area contributed by atoms with Gasteiger partial charge in [-0.1, -0.05) is 11.6 Å². The predicted molar refractivity (Wildman–Crippen MR) is 73.3 cm³/mol. The average Bonchev–Trinajstić information content (AvgIpc) is 2.40. The van der Waals surface area contributed by atoms with E-state index in [0.717, 1.165) is 0 Å². The molecule has 0 aromatic carbocycles. The highest BCUT2D eigenvalue weighted by Crippen LogP contribution is 2.16. The summed E-state index contributed by atoms with van der Waals surface area (Å²) in [6.45, 7) is 2.19. The monoisotopic (exact) mass is 287 g/mol. The molecule has 0 saturated carbocycles. The zero-order chi connectivity index (χ0) is 14.1. The molecule has 0 radical (unpaired) electrons. The van der Waals surface area contributed by atoms with Crippen molar-refractivity contribution in [3.8, 4) is 0 Å². The zero-order valence-corrected chi connectivity index (χ0v) is 11.6. The number of hydrogen-bond donors (Lipinski definition) is 2. The van der Waals surface area contributed by atoms with E-state index in [4.69, 9.17) is 26.8 Å². The Bertz CT molecular complexity index is 415. The second-order valence-corrected chi connectivity index (χ2v) is 4.21. The Morgan fingerprint density at radius 1 is 1.47 bits per heavy atom. The molecule has 1 amide bonds. The molecule has 1 aromatic rings. The van der Waals surface area contributed by atoms with Crippen molar-refractivity contribution in [2.75, 3.05) is 39.2 Å². The van der Waals surface area contributed by atoms with Crippen LogP contribution < -0.4 is 11.1 Å². The first-order chi connectivity index (χ1) is 9.15. The van der Waals surface area contributed by atoms with Crippen LogP contribution in [0.2, 0.25) is 5.02 Å². The first-order valence-corrected chi connectivity index (χ1v) is 6.29. The van der Waals surface area contributed by atoms with Crippen LogP contribution in [0, 0.1) is 0 Å². The number of nitrogens with two attached hydrogens (primary N) is 1. The van der Waals surface area contributed by atoms with E-state index in [1.807, 2.05) is 0 Å². The summed E-state index contributed by atoms with van der Waals surface area (Å²) in [5, 5.41) is 3.02. The van der Waals surface area contributed by atoms with Gasteiger partial charge in [0.05, 0.1) is 23.8 Å². The van der Waals surface area contributed by atoms with Crippen molar-refractivity contribution in [1.82, 2.24) is 10.3 Å². The number of rotatable bonds is 8. The Morgan fingerprint density at radius 3 is 3.00 bits per heavy atom. The van der Waals surface area contributed by atoms with E-state index in [0.29, 0.717) is 38.3 Å². The maximum absolute atomic E-state index is 11.8. The first kappa shape index (κ1) is 15.7. The van der Waals surface area contributed by atoms with Crippen LogP contribution in [-0.4, -0.2) is 44.4 Å². The molecule has 106 valence electrons. The molecule has 7 heteroatoms. The summed E-state index contributed by atoms with van der Waals surface area (Å²) in [5.41, 5.74) is 5.83. The van der Waals surface area contributed by atoms with Gasteiger partial charge in [-0.25, -0.2) is 4.98 Å². The molecule has 1 heterocycles. The highest BCUT2D eigenvalue weighted by Gasteiger charge is 2.10. The number of nitrogen functional groups attached to an aromatic ring is 1. The standard InChI is InChI=1S/C12H18ClN3O3/c1-18-5-6-19-4-2-3-15-12(17)9-7-11(14)16-8-10(9)13/h7-8H,2-6H2,1H3,(H2,14,16)(H,15,17). The molecular formula is C12H18ClN3O3. The van der Waals surface area contributed by atoms with Gasteiger partial charge in [-0.05, 0) is 12.5 Å². The number of aromatic nitrogens is 1. The number of carbonyl (C=O) groups is 1. The number of anilines is 1. The van der Waals surface area contributed by atoms with Gasteiger partial charge in [0, 0.05) is 26.5 Å². The van der Waals surface area contributed by atoms with Crippen LogP contribution in [-0.2, 0) is 9.47 Å². The van der Waals surface area contributed by atoms with E-state index in [-0.39, 0.29) is 16.7 Å². The molecule has 1 aromatic heterocycles. The molecule has 6 nitrogen and oxygen atoms in total. The fourth-order valence-electron chi connectivity index (χ4n) is 1.34. The Balaban J connectivity index is 2.26. The number of nitrogens with one attached hydrogen (secondary N) is 1. The van der Waals surface area contributed by atoms with Crippen molar-refractivity contribution in [3.05, 3.63) is 22.8 Å². The van der Waals surface area contributed by atoms with Crippen molar-refractivity contribution in [2.45, 2.75) is 6.42 Å². The molecule has 0 saturated heterocycles. The van der Waals surface area contributed by atoms with E-state index in [1.54, 1.807) is 7.11 Å². The second kappa shape index (κ2) is 8.68. The van der Waals surface area contributed by atoms with Crippen molar-refractivity contribution >= 4 is 23.3 Å². The highest BCUT2D eigenvalue weighted by molar-refractivity contribution is 6.33. The highest BCUT2D eigenvalue weighted by atomic mass is 35.5. The molecule has 0 aliphatic heterocycles. The molecule has 19 heavy (non-hydrogen) atoms. The van der Waals surface area contributed by atoms with E-state index in [1.165, 1.54) is 12.3 Å². The van der Waals surface area contributed by atoms with Crippen molar-refractivity contribution < 1.29 is 14.3 Å². The van der Waals surface area contributed by atoms with Crippen LogP contribution in [0.15, 0.2) is 12.3 Å². The van der Waals surface area contributed by atoms with Crippen molar-refractivity contribution in [3.63, 3.8) is 0 Å². The van der Waals surface area contributed by atoms with Crippen LogP contribution >= 0.6 is 11.6 Å². The summed E-state index contributed by atoms with van der Waals surface area (Å²) in [7, 11) is 1.62. The van der Waals surface area contributed by atoms with Crippen LogP contribution in [0.1, 0.15) is 16.8 Å². The van der Waals surface area contributed by atoms with Gasteiger partial charge in [0.2, 0.25) is 0 Å². The first-order valence-electron chi connectivity index (χ1n) is 5.91. The lowest BCUT2D eigenvalue weighted by Gasteiger charge is -2.07. The quantitative estimate of drug-likeness (QED) is 0.699. The van der Waals surface area contributed by atoms with Crippen LogP contribution in [0.5, 0.6) is 0 Å². The molecular weight excluding hydrogens is 270 g/mol. The van der Waals surface area contributed by atoms with Gasteiger partial charge in [-0.15, -0.1) is 0 Å². The fourth-order valence-corrected chi connectivity index (χ4v) is 1.53. The van der Waals surface area contributed by atoms with Crippen molar-refractivity contribution in [2.24, 2.45) is 0 Å². The molecule has 1 rings (SSSR count). The van der Waals surface area contributed by atoms with E-state index < -0.39 is 0 Å². The summed E-state index contributed by atoms with van der Waals surface area (Å²) < 4.78 is 10.1. The third kappa shape index (κ3) is 5.87.